The number of nitrogens with zero attached hydrogens (tertiary/aromatic N) is 2. The zero-order valence-electron chi connectivity index (χ0n) is 21.9. The number of likely N-dealkylation sites (tertiary alicyclic amines) is 1. The molecule has 2 amide bonds. The summed E-state index contributed by atoms with van der Waals surface area (Å²) in [4.78, 5) is 42.4. The molecule has 198 valence electrons. The number of esters is 1. The molecule has 0 radical (unpaired) electrons. The molecule has 1 saturated heterocycles. The SMILES string of the molecule is CCOC(=O)[C@@H]1CCCN(C(=O)Cc2cccc(N(Cc3ccc(F)cc3)C(=O)c3ccccc3C)c2)C1. The first-order valence-corrected chi connectivity index (χ1v) is 13.0. The van der Waals surface area contributed by atoms with Crippen molar-refractivity contribution in [1.29, 1.82) is 0 Å². The Bertz CT molecular complexity index is 1290. The number of aryl methyl sites for hydroxylation is 1. The Morgan fingerprint density at radius 1 is 1.00 bits per heavy atom. The average molecular weight is 517 g/mol. The second kappa shape index (κ2) is 12.5. The fourth-order valence-electron chi connectivity index (χ4n) is 4.79. The van der Waals surface area contributed by atoms with Crippen molar-refractivity contribution in [1.82, 2.24) is 4.90 Å². The van der Waals surface area contributed by atoms with Gasteiger partial charge in [0.1, 0.15) is 5.82 Å². The maximum Gasteiger partial charge on any atom is 0.310 e. The van der Waals surface area contributed by atoms with Crippen LogP contribution in [0, 0.1) is 18.7 Å². The number of rotatable bonds is 8. The summed E-state index contributed by atoms with van der Waals surface area (Å²) in [5, 5.41) is 0. The van der Waals surface area contributed by atoms with Crippen LogP contribution in [-0.4, -0.2) is 42.4 Å². The van der Waals surface area contributed by atoms with Crippen molar-refractivity contribution >= 4 is 23.5 Å². The van der Waals surface area contributed by atoms with E-state index in [0.29, 0.717) is 30.9 Å². The zero-order chi connectivity index (χ0) is 27.1. The molecule has 38 heavy (non-hydrogen) atoms. The Morgan fingerprint density at radius 3 is 2.50 bits per heavy atom. The third kappa shape index (κ3) is 6.65. The van der Waals surface area contributed by atoms with E-state index in [1.807, 2.05) is 49.4 Å². The van der Waals surface area contributed by atoms with Crippen LogP contribution in [0.25, 0.3) is 0 Å². The summed E-state index contributed by atoms with van der Waals surface area (Å²) < 4.78 is 18.7. The number of carbonyl (C=O) groups excluding carboxylic acids is 3. The van der Waals surface area contributed by atoms with Crippen LogP contribution in [0.15, 0.2) is 72.8 Å². The summed E-state index contributed by atoms with van der Waals surface area (Å²) in [6.07, 6.45) is 1.63. The highest BCUT2D eigenvalue weighted by Gasteiger charge is 2.29. The minimum Gasteiger partial charge on any atom is -0.466 e. The van der Waals surface area contributed by atoms with Gasteiger partial charge in [-0.2, -0.15) is 0 Å². The third-order valence-electron chi connectivity index (χ3n) is 6.85. The van der Waals surface area contributed by atoms with Crippen molar-refractivity contribution in [2.75, 3.05) is 24.6 Å². The van der Waals surface area contributed by atoms with Crippen molar-refractivity contribution in [3.05, 3.63) is 101 Å². The molecule has 0 aliphatic carbocycles. The van der Waals surface area contributed by atoms with E-state index < -0.39 is 0 Å². The Hall–Kier alpha value is -4.00. The molecular weight excluding hydrogens is 483 g/mol. The monoisotopic (exact) mass is 516 g/mol. The molecule has 0 spiro atoms. The van der Waals surface area contributed by atoms with Crippen molar-refractivity contribution < 1.29 is 23.5 Å². The third-order valence-corrected chi connectivity index (χ3v) is 6.85. The van der Waals surface area contributed by atoms with Gasteiger partial charge in [0.15, 0.2) is 0 Å². The molecule has 3 aromatic carbocycles. The Kier molecular flexibility index (Phi) is 8.89. The minimum atomic E-state index is -0.339. The smallest absolute Gasteiger partial charge is 0.310 e. The van der Waals surface area contributed by atoms with Crippen molar-refractivity contribution in [3.63, 3.8) is 0 Å². The van der Waals surface area contributed by atoms with E-state index in [0.717, 1.165) is 29.5 Å². The highest BCUT2D eigenvalue weighted by Crippen LogP contribution is 2.25. The molecule has 0 N–H and O–H groups in total. The molecule has 0 saturated carbocycles. The van der Waals surface area contributed by atoms with Crippen LogP contribution in [0.3, 0.4) is 0 Å². The van der Waals surface area contributed by atoms with E-state index in [-0.39, 0.29) is 42.5 Å². The van der Waals surface area contributed by atoms with Gasteiger partial charge in [-0.3, -0.25) is 14.4 Å². The second-order valence-corrected chi connectivity index (χ2v) is 9.61. The maximum absolute atomic E-state index is 13.7. The largest absolute Gasteiger partial charge is 0.466 e. The lowest BCUT2D eigenvalue weighted by Crippen LogP contribution is -2.43. The van der Waals surface area contributed by atoms with Gasteiger partial charge in [-0.25, -0.2) is 4.39 Å². The summed E-state index contributed by atoms with van der Waals surface area (Å²) >= 11 is 0. The van der Waals surface area contributed by atoms with Gasteiger partial charge in [0, 0.05) is 24.3 Å². The van der Waals surface area contributed by atoms with Crippen LogP contribution < -0.4 is 4.90 Å². The lowest BCUT2D eigenvalue weighted by molar-refractivity contribution is -0.151. The van der Waals surface area contributed by atoms with Gasteiger partial charge in [-0.1, -0.05) is 42.5 Å². The van der Waals surface area contributed by atoms with E-state index in [4.69, 9.17) is 4.74 Å². The predicted octanol–water partition coefficient (Wildman–Crippen LogP) is 5.33. The predicted molar refractivity (Wildman–Crippen MR) is 144 cm³/mol. The van der Waals surface area contributed by atoms with Crippen LogP contribution in [-0.2, 0) is 27.3 Å². The fourth-order valence-corrected chi connectivity index (χ4v) is 4.79. The molecule has 0 unspecified atom stereocenters. The van der Waals surface area contributed by atoms with E-state index in [2.05, 4.69) is 0 Å². The maximum atomic E-state index is 13.7. The molecule has 4 rings (SSSR count). The van der Waals surface area contributed by atoms with Gasteiger partial charge < -0.3 is 14.5 Å². The second-order valence-electron chi connectivity index (χ2n) is 9.61. The molecule has 1 aliphatic heterocycles. The molecule has 1 atom stereocenters. The van der Waals surface area contributed by atoms with E-state index in [9.17, 15) is 18.8 Å². The minimum absolute atomic E-state index is 0.0635. The number of hydrogen-bond donors (Lipinski definition) is 0. The molecule has 1 fully saturated rings. The van der Waals surface area contributed by atoms with Crippen molar-refractivity contribution in [2.24, 2.45) is 5.92 Å². The van der Waals surface area contributed by atoms with Crippen LogP contribution in [0.2, 0.25) is 0 Å². The average Bonchev–Trinajstić information content (AvgIpc) is 2.93. The first-order valence-electron chi connectivity index (χ1n) is 13.0. The lowest BCUT2D eigenvalue weighted by atomic mass is 9.97. The number of carbonyl (C=O) groups is 3. The topological polar surface area (TPSA) is 66.9 Å². The first kappa shape index (κ1) is 27.0. The zero-order valence-corrected chi connectivity index (χ0v) is 21.9. The van der Waals surface area contributed by atoms with Gasteiger partial charge in [-0.05, 0) is 73.7 Å². The molecule has 1 heterocycles. The van der Waals surface area contributed by atoms with Crippen molar-refractivity contribution in [2.45, 2.75) is 39.7 Å². The summed E-state index contributed by atoms with van der Waals surface area (Å²) in [5.41, 5.74) is 3.64. The summed E-state index contributed by atoms with van der Waals surface area (Å²) in [7, 11) is 0. The Labute approximate surface area is 223 Å². The number of hydrogen-bond acceptors (Lipinski definition) is 4. The van der Waals surface area contributed by atoms with Gasteiger partial charge in [0.2, 0.25) is 5.91 Å². The molecule has 3 aromatic rings. The van der Waals surface area contributed by atoms with Crippen LogP contribution in [0.5, 0.6) is 0 Å². The van der Waals surface area contributed by atoms with E-state index in [1.165, 1.54) is 12.1 Å². The fraction of sp³-hybridized carbons (Fsp3) is 0.323. The van der Waals surface area contributed by atoms with E-state index >= 15 is 0 Å². The van der Waals surface area contributed by atoms with Crippen LogP contribution in [0.1, 0.15) is 46.8 Å². The molecular formula is C31H33FN2O4. The molecule has 0 aromatic heterocycles. The van der Waals surface area contributed by atoms with Gasteiger partial charge >= 0.3 is 5.97 Å². The molecule has 6 nitrogen and oxygen atoms in total. The number of amides is 2. The van der Waals surface area contributed by atoms with Crippen LogP contribution in [0.4, 0.5) is 10.1 Å². The van der Waals surface area contributed by atoms with Gasteiger partial charge in [0.25, 0.3) is 5.91 Å². The lowest BCUT2D eigenvalue weighted by Gasteiger charge is -2.31. The molecule has 7 heteroatoms. The number of piperidine rings is 1. The number of anilines is 1. The quantitative estimate of drug-likeness (QED) is 0.380. The Morgan fingerprint density at radius 2 is 1.76 bits per heavy atom. The summed E-state index contributed by atoms with van der Waals surface area (Å²) in [5.74, 6) is -1.13. The van der Waals surface area contributed by atoms with Gasteiger partial charge in [-0.15, -0.1) is 0 Å². The van der Waals surface area contributed by atoms with Crippen LogP contribution >= 0.6 is 0 Å². The molecule has 0 bridgehead atoms. The number of halogens is 1. The number of benzene rings is 3. The Balaban J connectivity index is 1.56. The highest BCUT2D eigenvalue weighted by molar-refractivity contribution is 6.07. The first-order chi connectivity index (χ1) is 18.4. The number of ether oxygens (including phenoxy) is 1. The highest BCUT2D eigenvalue weighted by atomic mass is 19.1. The van der Waals surface area contributed by atoms with Gasteiger partial charge in [0.05, 0.1) is 25.5 Å². The van der Waals surface area contributed by atoms with E-state index in [1.54, 1.807) is 34.9 Å². The summed E-state index contributed by atoms with van der Waals surface area (Å²) in [6, 6.07) is 20.9. The van der Waals surface area contributed by atoms with Crippen molar-refractivity contribution in [3.8, 4) is 0 Å². The molecule has 1 aliphatic rings. The standard InChI is InChI=1S/C31H33FN2O4/c1-3-38-31(37)25-10-7-17-33(21-25)29(35)19-24-9-6-11-27(18-24)34(20-23-13-15-26(32)16-14-23)30(36)28-12-5-4-8-22(28)2/h4-6,8-9,11-16,18,25H,3,7,10,17,19-21H2,1-2H3/t25-/m1/s1. The summed E-state index contributed by atoms with van der Waals surface area (Å²) in [6.45, 7) is 5.21. The normalized spacial score (nSPS) is 15.1.